The maximum absolute atomic E-state index is 4.51. The summed E-state index contributed by atoms with van der Waals surface area (Å²) in [6, 6.07) is 1.04. The van der Waals surface area contributed by atoms with Crippen LogP contribution in [0.15, 0.2) is 12.4 Å². The average molecular weight is 235 g/mol. The van der Waals surface area contributed by atoms with E-state index in [9.17, 15) is 0 Å². The van der Waals surface area contributed by atoms with Crippen molar-refractivity contribution in [3.05, 3.63) is 18.0 Å². The second kappa shape index (κ2) is 4.81. The lowest BCUT2D eigenvalue weighted by molar-refractivity contribution is 0.107. The van der Waals surface area contributed by atoms with E-state index in [1.54, 1.807) is 0 Å². The summed E-state index contributed by atoms with van der Waals surface area (Å²) >= 11 is 0. The lowest BCUT2D eigenvalue weighted by atomic mass is 9.70. The van der Waals surface area contributed by atoms with Crippen LogP contribution in [0.2, 0.25) is 0 Å². The van der Waals surface area contributed by atoms with Crippen molar-refractivity contribution in [3.63, 3.8) is 0 Å². The molecule has 1 aliphatic rings. The van der Waals surface area contributed by atoms with Gasteiger partial charge in [0.05, 0.1) is 12.2 Å². The Labute approximate surface area is 105 Å². The van der Waals surface area contributed by atoms with Crippen LogP contribution in [-0.4, -0.2) is 22.4 Å². The molecule has 1 aromatic heterocycles. The van der Waals surface area contributed by atoms with E-state index in [1.165, 1.54) is 24.8 Å². The molecule has 0 spiro atoms. The van der Waals surface area contributed by atoms with E-state index in [4.69, 9.17) is 0 Å². The molecular weight excluding hydrogens is 210 g/mol. The molecule has 1 aliphatic carbocycles. The van der Waals surface area contributed by atoms with E-state index in [2.05, 4.69) is 49.0 Å². The topological polar surface area (TPSA) is 29.9 Å². The summed E-state index contributed by atoms with van der Waals surface area (Å²) in [5, 5.41) is 8.19. The molecule has 2 rings (SSSR count). The molecule has 0 amide bonds. The number of rotatable bonds is 3. The zero-order chi connectivity index (χ0) is 12.5. The molecular formula is C14H25N3. The van der Waals surface area contributed by atoms with E-state index >= 15 is 0 Å². The van der Waals surface area contributed by atoms with Crippen LogP contribution >= 0.6 is 0 Å². The van der Waals surface area contributed by atoms with Gasteiger partial charge >= 0.3 is 0 Å². The maximum atomic E-state index is 4.51. The van der Waals surface area contributed by atoms with Crippen LogP contribution in [0, 0.1) is 12.3 Å². The first-order valence-electron chi connectivity index (χ1n) is 6.79. The van der Waals surface area contributed by atoms with Crippen molar-refractivity contribution in [2.45, 2.75) is 59.0 Å². The number of likely N-dealkylation sites (N-methyl/N-ethyl adjacent to an activating group) is 1. The van der Waals surface area contributed by atoms with E-state index in [-0.39, 0.29) is 0 Å². The molecule has 17 heavy (non-hydrogen) atoms. The molecule has 3 nitrogen and oxygen atoms in total. The second-order valence-electron chi connectivity index (χ2n) is 5.98. The van der Waals surface area contributed by atoms with Crippen molar-refractivity contribution < 1.29 is 0 Å². The van der Waals surface area contributed by atoms with Gasteiger partial charge in [-0.15, -0.1) is 0 Å². The summed E-state index contributed by atoms with van der Waals surface area (Å²) in [4.78, 5) is 0. The van der Waals surface area contributed by atoms with Gasteiger partial charge in [-0.1, -0.05) is 27.2 Å². The summed E-state index contributed by atoms with van der Waals surface area (Å²) < 4.78 is 2.17. The molecule has 96 valence electrons. The third-order valence-electron chi connectivity index (χ3n) is 4.04. The Hall–Kier alpha value is -0.830. The fraction of sp³-hybridized carbons (Fsp3) is 0.786. The molecule has 1 heterocycles. The predicted molar refractivity (Wildman–Crippen MR) is 71.1 cm³/mol. The molecule has 2 atom stereocenters. The Morgan fingerprint density at radius 1 is 1.53 bits per heavy atom. The van der Waals surface area contributed by atoms with Crippen LogP contribution in [0.3, 0.4) is 0 Å². The Kier molecular flexibility index (Phi) is 3.57. The summed E-state index contributed by atoms with van der Waals surface area (Å²) in [5.74, 6) is 0. The lowest BCUT2D eigenvalue weighted by Crippen LogP contribution is -2.50. The smallest absolute Gasteiger partial charge is 0.0677 e. The summed E-state index contributed by atoms with van der Waals surface area (Å²) in [6.45, 7) is 10.1. The number of hydrogen-bond acceptors (Lipinski definition) is 2. The first-order chi connectivity index (χ1) is 8.04. The van der Waals surface area contributed by atoms with Gasteiger partial charge in [-0.2, -0.15) is 5.10 Å². The van der Waals surface area contributed by atoms with Crippen molar-refractivity contribution in [1.29, 1.82) is 0 Å². The van der Waals surface area contributed by atoms with Gasteiger partial charge in [0.25, 0.3) is 0 Å². The first kappa shape index (κ1) is 12.6. The largest absolute Gasteiger partial charge is 0.312 e. The van der Waals surface area contributed by atoms with Crippen LogP contribution in [-0.2, 0) is 0 Å². The number of nitrogens with zero attached hydrogens (tertiary/aromatic N) is 2. The van der Waals surface area contributed by atoms with E-state index in [1.807, 2.05) is 6.20 Å². The number of aryl methyl sites for hydroxylation is 1. The van der Waals surface area contributed by atoms with Crippen LogP contribution in [0.4, 0.5) is 0 Å². The molecule has 0 saturated heterocycles. The zero-order valence-electron chi connectivity index (χ0n) is 11.5. The summed E-state index contributed by atoms with van der Waals surface area (Å²) in [7, 11) is 0. The molecule has 3 heteroatoms. The predicted octanol–water partition coefficient (Wildman–Crippen LogP) is 2.92. The maximum Gasteiger partial charge on any atom is 0.0677 e. The monoisotopic (exact) mass is 235 g/mol. The second-order valence-corrected chi connectivity index (χ2v) is 5.98. The highest BCUT2D eigenvalue weighted by Crippen LogP contribution is 2.41. The van der Waals surface area contributed by atoms with Crippen molar-refractivity contribution in [2.75, 3.05) is 6.54 Å². The van der Waals surface area contributed by atoms with Gasteiger partial charge < -0.3 is 5.32 Å². The first-order valence-corrected chi connectivity index (χ1v) is 6.79. The highest BCUT2D eigenvalue weighted by Gasteiger charge is 2.39. The minimum absolute atomic E-state index is 0.360. The van der Waals surface area contributed by atoms with Crippen LogP contribution < -0.4 is 5.32 Å². The van der Waals surface area contributed by atoms with E-state index < -0.39 is 0 Å². The molecule has 2 unspecified atom stereocenters. The van der Waals surface area contributed by atoms with Crippen molar-refractivity contribution >= 4 is 0 Å². The Morgan fingerprint density at radius 3 is 2.88 bits per heavy atom. The van der Waals surface area contributed by atoms with Gasteiger partial charge in [0.1, 0.15) is 0 Å². The standard InChI is InChI=1S/C14H25N3/c1-5-15-13-12(7-6-8-14(13,3)4)17-10-11(2)9-16-17/h9-10,12-13,15H,5-8H2,1-4H3. The summed E-state index contributed by atoms with van der Waals surface area (Å²) in [6.07, 6.45) is 7.99. The van der Waals surface area contributed by atoms with Gasteiger partial charge in [0, 0.05) is 12.2 Å². The number of aromatic nitrogens is 2. The van der Waals surface area contributed by atoms with Gasteiger partial charge in [-0.25, -0.2) is 0 Å². The highest BCUT2D eigenvalue weighted by molar-refractivity contribution is 5.04. The molecule has 1 saturated carbocycles. The minimum atomic E-state index is 0.360. The molecule has 1 aromatic rings. The Balaban J connectivity index is 2.24. The van der Waals surface area contributed by atoms with Crippen LogP contribution in [0.1, 0.15) is 51.6 Å². The highest BCUT2D eigenvalue weighted by atomic mass is 15.3. The molecule has 1 fully saturated rings. The number of hydrogen-bond donors (Lipinski definition) is 1. The number of nitrogens with one attached hydrogen (secondary N) is 1. The van der Waals surface area contributed by atoms with E-state index in [0.717, 1.165) is 6.54 Å². The van der Waals surface area contributed by atoms with Crippen molar-refractivity contribution in [3.8, 4) is 0 Å². The van der Waals surface area contributed by atoms with Crippen molar-refractivity contribution in [1.82, 2.24) is 15.1 Å². The minimum Gasteiger partial charge on any atom is -0.312 e. The lowest BCUT2D eigenvalue weighted by Gasteiger charge is -2.44. The van der Waals surface area contributed by atoms with E-state index in [0.29, 0.717) is 17.5 Å². The van der Waals surface area contributed by atoms with Gasteiger partial charge in [-0.05, 0) is 37.3 Å². The van der Waals surface area contributed by atoms with Gasteiger partial charge in [0.15, 0.2) is 0 Å². The SMILES string of the molecule is CCNC1C(n2cc(C)cn2)CCCC1(C)C. The van der Waals surface area contributed by atoms with Crippen LogP contribution in [0.5, 0.6) is 0 Å². The van der Waals surface area contributed by atoms with Crippen LogP contribution in [0.25, 0.3) is 0 Å². The molecule has 1 N–H and O–H groups in total. The normalized spacial score (nSPS) is 28.2. The fourth-order valence-electron chi connectivity index (χ4n) is 3.14. The molecule has 0 aromatic carbocycles. The molecule has 0 aliphatic heterocycles. The Bertz CT molecular complexity index is 367. The quantitative estimate of drug-likeness (QED) is 0.873. The third-order valence-corrected chi connectivity index (χ3v) is 4.04. The Morgan fingerprint density at radius 2 is 2.29 bits per heavy atom. The van der Waals surface area contributed by atoms with Crippen molar-refractivity contribution in [2.24, 2.45) is 5.41 Å². The van der Waals surface area contributed by atoms with Gasteiger partial charge in [-0.3, -0.25) is 4.68 Å². The molecule has 0 bridgehead atoms. The van der Waals surface area contributed by atoms with Gasteiger partial charge in [0.2, 0.25) is 0 Å². The summed E-state index contributed by atoms with van der Waals surface area (Å²) in [5.41, 5.74) is 1.61. The zero-order valence-corrected chi connectivity index (χ0v) is 11.5. The third kappa shape index (κ3) is 2.54. The average Bonchev–Trinajstić information content (AvgIpc) is 2.68. The fourth-order valence-corrected chi connectivity index (χ4v) is 3.14. The molecule has 0 radical (unpaired) electrons.